The number of nitrogens with one attached hydrogen (secondary N) is 1. The molecule has 2 aliphatic rings. The first-order chi connectivity index (χ1) is 10.8. The molecule has 0 aromatic heterocycles. The number of carbonyl (C=O) groups excluding carboxylic acids is 1. The number of nitrogens with zero attached hydrogens (tertiary/aromatic N) is 1. The molecule has 22 heavy (non-hydrogen) atoms. The molecule has 2 aromatic rings. The summed E-state index contributed by atoms with van der Waals surface area (Å²) in [5, 5.41) is 6.54. The van der Waals surface area contributed by atoms with Gasteiger partial charge in [-0.15, -0.1) is 0 Å². The average molecular weight is 292 g/mol. The Balaban J connectivity index is 1.40. The van der Waals surface area contributed by atoms with Crippen LogP contribution in [0.1, 0.15) is 31.2 Å². The topological polar surface area (TPSA) is 41.5 Å². The van der Waals surface area contributed by atoms with Crippen molar-refractivity contribution >= 4 is 22.9 Å². The highest BCUT2D eigenvalue weighted by atomic mass is 16.2. The molecule has 1 N–H and O–H groups in total. The van der Waals surface area contributed by atoms with Crippen LogP contribution < -0.4 is 5.43 Å². The van der Waals surface area contributed by atoms with E-state index in [0.717, 1.165) is 5.56 Å². The molecular weight excluding hydrogens is 272 g/mol. The zero-order chi connectivity index (χ0) is 14.9. The van der Waals surface area contributed by atoms with Crippen molar-refractivity contribution in [1.82, 2.24) is 5.43 Å². The molecule has 0 unspecified atom stereocenters. The van der Waals surface area contributed by atoms with Gasteiger partial charge in [-0.25, -0.2) is 5.43 Å². The summed E-state index contributed by atoms with van der Waals surface area (Å²) in [5.74, 6) is 1.58. The maximum Gasteiger partial charge on any atom is 0.243 e. The molecule has 2 fully saturated rings. The molecule has 0 saturated heterocycles. The number of carbonyl (C=O) groups is 1. The van der Waals surface area contributed by atoms with Gasteiger partial charge in [-0.2, -0.15) is 5.10 Å². The molecule has 2 atom stereocenters. The minimum atomic E-state index is 0.105. The van der Waals surface area contributed by atoms with Crippen LogP contribution in [0.15, 0.2) is 47.6 Å². The number of benzene rings is 2. The zero-order valence-corrected chi connectivity index (χ0v) is 12.5. The van der Waals surface area contributed by atoms with Crippen LogP contribution in [0.25, 0.3) is 10.8 Å². The van der Waals surface area contributed by atoms with Gasteiger partial charge < -0.3 is 0 Å². The Morgan fingerprint density at radius 3 is 2.55 bits per heavy atom. The Morgan fingerprint density at radius 2 is 1.77 bits per heavy atom. The third-order valence-corrected chi connectivity index (χ3v) is 5.12. The van der Waals surface area contributed by atoms with Crippen molar-refractivity contribution in [2.45, 2.75) is 25.7 Å². The van der Waals surface area contributed by atoms with Crippen LogP contribution in [-0.4, -0.2) is 12.1 Å². The van der Waals surface area contributed by atoms with Gasteiger partial charge in [0.2, 0.25) is 5.91 Å². The summed E-state index contributed by atoms with van der Waals surface area (Å²) in [6.45, 7) is 0. The second-order valence-corrected chi connectivity index (χ2v) is 6.48. The van der Waals surface area contributed by atoms with Crippen molar-refractivity contribution in [3.05, 3.63) is 48.0 Å². The monoisotopic (exact) mass is 292 g/mol. The molecule has 0 aliphatic heterocycles. The first kappa shape index (κ1) is 13.5. The average Bonchev–Trinajstić information content (AvgIpc) is 3.29. The van der Waals surface area contributed by atoms with E-state index in [-0.39, 0.29) is 11.8 Å². The van der Waals surface area contributed by atoms with E-state index in [4.69, 9.17) is 0 Å². The molecule has 2 aromatic carbocycles. The molecule has 1 amide bonds. The van der Waals surface area contributed by atoms with Crippen molar-refractivity contribution in [2.24, 2.45) is 22.9 Å². The number of hydrazone groups is 1. The van der Waals surface area contributed by atoms with Crippen LogP contribution in [0.5, 0.6) is 0 Å². The molecule has 2 aliphatic carbocycles. The molecule has 0 heterocycles. The predicted octanol–water partition coefficient (Wildman–Crippen LogP) is 3.73. The second kappa shape index (κ2) is 5.56. The lowest BCUT2D eigenvalue weighted by molar-refractivity contribution is -0.122. The lowest BCUT2D eigenvalue weighted by Crippen LogP contribution is -2.20. The molecule has 0 radical (unpaired) electrons. The molecule has 3 heteroatoms. The van der Waals surface area contributed by atoms with E-state index >= 15 is 0 Å². The molecule has 3 nitrogen and oxygen atoms in total. The van der Waals surface area contributed by atoms with Crippen molar-refractivity contribution in [2.75, 3.05) is 0 Å². The largest absolute Gasteiger partial charge is 0.273 e. The third kappa shape index (κ3) is 2.52. The minimum absolute atomic E-state index is 0.105. The third-order valence-electron chi connectivity index (χ3n) is 5.12. The van der Waals surface area contributed by atoms with Gasteiger partial charge >= 0.3 is 0 Å². The number of hydrogen-bond acceptors (Lipinski definition) is 2. The summed E-state index contributed by atoms with van der Waals surface area (Å²) in [5.41, 5.74) is 3.73. The molecule has 0 spiro atoms. The van der Waals surface area contributed by atoms with Crippen molar-refractivity contribution in [3.63, 3.8) is 0 Å². The summed E-state index contributed by atoms with van der Waals surface area (Å²) in [6, 6.07) is 14.4. The highest BCUT2D eigenvalue weighted by Crippen LogP contribution is 2.55. The normalized spacial score (nSPS) is 26.8. The van der Waals surface area contributed by atoms with Gasteiger partial charge in [0.25, 0.3) is 0 Å². The quantitative estimate of drug-likeness (QED) is 0.680. The number of amides is 1. The maximum atomic E-state index is 12.1. The zero-order valence-electron chi connectivity index (χ0n) is 12.5. The van der Waals surface area contributed by atoms with Gasteiger partial charge in [0.15, 0.2) is 0 Å². The van der Waals surface area contributed by atoms with Crippen molar-refractivity contribution in [3.8, 4) is 0 Å². The summed E-state index contributed by atoms with van der Waals surface area (Å²) < 4.78 is 0. The Hall–Kier alpha value is -2.16. The second-order valence-electron chi connectivity index (χ2n) is 6.48. The summed E-state index contributed by atoms with van der Waals surface area (Å²) in [7, 11) is 0. The first-order valence-electron chi connectivity index (χ1n) is 8.15. The predicted molar refractivity (Wildman–Crippen MR) is 88.6 cm³/mol. The smallest absolute Gasteiger partial charge is 0.243 e. The lowest BCUT2D eigenvalue weighted by Gasteiger charge is -2.04. The van der Waals surface area contributed by atoms with Crippen LogP contribution in [0.2, 0.25) is 0 Å². The van der Waals surface area contributed by atoms with Gasteiger partial charge in [0, 0.05) is 5.92 Å². The minimum Gasteiger partial charge on any atom is -0.273 e. The first-order valence-corrected chi connectivity index (χ1v) is 8.15. The van der Waals surface area contributed by atoms with Crippen LogP contribution in [0.4, 0.5) is 0 Å². The van der Waals surface area contributed by atoms with E-state index in [1.54, 1.807) is 6.21 Å². The number of hydrogen-bond donors (Lipinski definition) is 1. The Bertz CT molecular complexity index is 725. The van der Waals surface area contributed by atoms with Crippen LogP contribution in [0, 0.1) is 17.8 Å². The summed E-state index contributed by atoms with van der Waals surface area (Å²) in [4.78, 5) is 12.1. The maximum absolute atomic E-state index is 12.1. The fourth-order valence-corrected chi connectivity index (χ4v) is 3.91. The highest BCUT2D eigenvalue weighted by molar-refractivity contribution is 5.91. The Kier molecular flexibility index (Phi) is 3.41. The summed E-state index contributed by atoms with van der Waals surface area (Å²) >= 11 is 0. The Morgan fingerprint density at radius 1 is 1.05 bits per heavy atom. The van der Waals surface area contributed by atoms with Gasteiger partial charge in [-0.3, -0.25) is 4.79 Å². The summed E-state index contributed by atoms with van der Waals surface area (Å²) in [6.07, 6.45) is 6.74. The van der Waals surface area contributed by atoms with E-state index in [0.29, 0.717) is 11.8 Å². The van der Waals surface area contributed by atoms with Gasteiger partial charge in [0.05, 0.1) is 6.21 Å². The van der Waals surface area contributed by atoms with Gasteiger partial charge in [-0.1, -0.05) is 49.2 Å². The molecular formula is C19H20N2O. The van der Waals surface area contributed by atoms with Crippen molar-refractivity contribution in [1.29, 1.82) is 0 Å². The van der Waals surface area contributed by atoms with Crippen LogP contribution in [0.3, 0.4) is 0 Å². The highest BCUT2D eigenvalue weighted by Gasteiger charge is 2.54. The molecule has 4 rings (SSSR count). The Labute approximate surface area is 130 Å². The van der Waals surface area contributed by atoms with E-state index in [1.165, 1.54) is 36.5 Å². The molecule has 2 saturated carbocycles. The van der Waals surface area contributed by atoms with Crippen LogP contribution in [-0.2, 0) is 4.79 Å². The fraction of sp³-hybridized carbons (Fsp3) is 0.368. The van der Waals surface area contributed by atoms with E-state index < -0.39 is 0 Å². The van der Waals surface area contributed by atoms with E-state index in [1.807, 2.05) is 18.2 Å². The SMILES string of the molecule is O=C(N/N=C\c1ccc2ccccc2c1)C1[C@H]2CCCC[C@H]12. The standard InChI is InChI=1S/C19H20N2O/c22-19(18-16-7-3-4-8-17(16)18)21-20-12-13-9-10-14-5-1-2-6-15(14)11-13/h1-2,5-6,9-12,16-18H,3-4,7-8H2,(H,21,22)/b20-12-/t16-,17-/m0/s1. The van der Waals surface area contributed by atoms with Crippen LogP contribution >= 0.6 is 0 Å². The van der Waals surface area contributed by atoms with Gasteiger partial charge in [-0.05, 0) is 47.1 Å². The fourth-order valence-electron chi connectivity index (χ4n) is 3.91. The number of rotatable bonds is 3. The van der Waals surface area contributed by atoms with Crippen molar-refractivity contribution < 1.29 is 4.79 Å². The van der Waals surface area contributed by atoms with Gasteiger partial charge in [0.1, 0.15) is 0 Å². The molecule has 0 bridgehead atoms. The lowest BCUT2D eigenvalue weighted by atomic mass is 10.0. The molecule has 112 valence electrons. The van der Waals surface area contributed by atoms with E-state index in [2.05, 4.69) is 34.8 Å². The number of fused-ring (bicyclic) bond motifs is 2. The van der Waals surface area contributed by atoms with E-state index in [9.17, 15) is 4.79 Å².